The van der Waals surface area contributed by atoms with E-state index < -0.39 is 0 Å². The second-order valence-electron chi connectivity index (χ2n) is 6.70. The lowest BCUT2D eigenvalue weighted by Gasteiger charge is -2.34. The number of aromatic nitrogens is 2. The van der Waals surface area contributed by atoms with Gasteiger partial charge in [-0.15, -0.1) is 0 Å². The molecule has 0 aliphatic carbocycles. The van der Waals surface area contributed by atoms with Crippen molar-refractivity contribution in [3.05, 3.63) is 59.7 Å². The Morgan fingerprint density at radius 1 is 1.33 bits per heavy atom. The molecule has 2 aromatic rings. The summed E-state index contributed by atoms with van der Waals surface area (Å²) in [7, 11) is 0. The Labute approximate surface area is 141 Å². The fourth-order valence-corrected chi connectivity index (χ4v) is 3.78. The first kappa shape index (κ1) is 15.3. The van der Waals surface area contributed by atoms with Gasteiger partial charge in [-0.2, -0.15) is 0 Å². The number of benzene rings is 1. The molecule has 2 aliphatic heterocycles. The van der Waals surface area contributed by atoms with E-state index in [1.807, 2.05) is 42.2 Å². The Bertz CT molecular complexity index is 734. The minimum atomic E-state index is 0.0250. The summed E-state index contributed by atoms with van der Waals surface area (Å²) in [5.41, 5.74) is 2.83. The van der Waals surface area contributed by atoms with Crippen LogP contribution in [0, 0.1) is 12.8 Å². The first-order valence-electron chi connectivity index (χ1n) is 8.48. The molecule has 0 spiro atoms. The highest BCUT2D eigenvalue weighted by atomic mass is 16.5. The normalized spacial score (nSPS) is 26.2. The largest absolute Gasteiger partial charge is 0.368 e. The van der Waals surface area contributed by atoms with Crippen LogP contribution in [0.25, 0.3) is 0 Å². The number of carbonyl (C=O) groups is 1. The van der Waals surface area contributed by atoms with Gasteiger partial charge in [-0.3, -0.25) is 4.79 Å². The summed E-state index contributed by atoms with van der Waals surface area (Å²) in [6, 6.07) is 9.73. The van der Waals surface area contributed by atoms with Gasteiger partial charge < -0.3 is 9.64 Å². The molecular formula is C19H21N3O2. The van der Waals surface area contributed by atoms with Crippen LogP contribution in [0.15, 0.2) is 42.9 Å². The maximum absolute atomic E-state index is 12.8. The van der Waals surface area contributed by atoms with Crippen molar-refractivity contribution in [2.24, 2.45) is 5.92 Å². The molecular weight excluding hydrogens is 302 g/mol. The number of likely N-dealkylation sites (tertiary alicyclic amines) is 1. The van der Waals surface area contributed by atoms with E-state index in [2.05, 4.69) is 9.97 Å². The monoisotopic (exact) mass is 323 g/mol. The maximum atomic E-state index is 12.8. The molecule has 0 radical (unpaired) electrons. The zero-order valence-corrected chi connectivity index (χ0v) is 13.8. The van der Waals surface area contributed by atoms with Gasteiger partial charge in [0.15, 0.2) is 0 Å². The third-order valence-corrected chi connectivity index (χ3v) is 5.01. The van der Waals surface area contributed by atoms with Gasteiger partial charge in [-0.05, 0) is 38.0 Å². The van der Waals surface area contributed by atoms with Crippen LogP contribution in [0.3, 0.4) is 0 Å². The predicted molar refractivity (Wildman–Crippen MR) is 89.5 cm³/mol. The molecule has 5 heteroatoms. The molecule has 1 aromatic heterocycles. The summed E-state index contributed by atoms with van der Waals surface area (Å²) in [4.78, 5) is 23.0. The molecule has 2 fully saturated rings. The number of hydrogen-bond donors (Lipinski definition) is 0. The quantitative estimate of drug-likeness (QED) is 0.853. The second-order valence-corrected chi connectivity index (χ2v) is 6.70. The maximum Gasteiger partial charge on any atom is 0.253 e. The number of fused-ring (bicyclic) bond motifs is 1. The number of rotatable bonds is 2. The highest BCUT2D eigenvalue weighted by molar-refractivity contribution is 5.94. The summed E-state index contributed by atoms with van der Waals surface area (Å²) in [5.74, 6) is 0.509. The van der Waals surface area contributed by atoms with Crippen molar-refractivity contribution in [2.45, 2.75) is 32.0 Å². The first-order chi connectivity index (χ1) is 11.7. The number of amides is 1. The molecule has 2 saturated heterocycles. The van der Waals surface area contributed by atoms with Crippen LogP contribution >= 0.6 is 0 Å². The Kier molecular flexibility index (Phi) is 4.02. The van der Waals surface area contributed by atoms with E-state index in [0.717, 1.165) is 42.8 Å². The van der Waals surface area contributed by atoms with E-state index in [1.165, 1.54) is 0 Å². The summed E-state index contributed by atoms with van der Waals surface area (Å²) in [6.07, 6.45) is 5.38. The van der Waals surface area contributed by atoms with Crippen LogP contribution < -0.4 is 0 Å². The van der Waals surface area contributed by atoms with Gasteiger partial charge in [0.05, 0.1) is 11.8 Å². The molecule has 0 bridgehead atoms. The van der Waals surface area contributed by atoms with Crippen molar-refractivity contribution < 1.29 is 9.53 Å². The van der Waals surface area contributed by atoms with Crippen LogP contribution in [-0.4, -0.2) is 40.0 Å². The second kappa shape index (κ2) is 6.32. The smallest absolute Gasteiger partial charge is 0.253 e. The average molecular weight is 323 g/mol. The lowest BCUT2D eigenvalue weighted by atomic mass is 9.92. The first-order valence-corrected chi connectivity index (χ1v) is 8.48. The third kappa shape index (κ3) is 2.91. The Morgan fingerprint density at radius 3 is 3.04 bits per heavy atom. The lowest BCUT2D eigenvalue weighted by Crippen LogP contribution is -2.44. The lowest BCUT2D eigenvalue weighted by molar-refractivity contribution is 0.000974. The highest BCUT2D eigenvalue weighted by Gasteiger charge is 2.41. The molecule has 124 valence electrons. The van der Waals surface area contributed by atoms with Crippen molar-refractivity contribution in [1.82, 2.24) is 14.9 Å². The molecule has 0 unspecified atom stereocenters. The average Bonchev–Trinajstić information content (AvgIpc) is 3.05. The molecule has 1 aromatic carbocycles. The number of hydrogen-bond acceptors (Lipinski definition) is 4. The minimum Gasteiger partial charge on any atom is -0.368 e. The standard InChI is InChI=1S/C19H21N3O2/c1-13-3-2-4-14(9-13)19(23)22-8-6-17-15(11-22)10-18(24-17)16-5-7-20-12-21-16/h2-5,7,9,12,15,17-18H,6,8,10-11H2,1H3/t15-,17-,18+/m0/s1. The minimum absolute atomic E-state index is 0.0250. The van der Waals surface area contributed by atoms with Crippen molar-refractivity contribution in [3.8, 4) is 0 Å². The SMILES string of the molecule is Cc1cccc(C(=O)N2CC[C@@H]3O[C@@H](c4ccncn4)C[C@H]3C2)c1. The van der Waals surface area contributed by atoms with Gasteiger partial charge >= 0.3 is 0 Å². The van der Waals surface area contributed by atoms with Gasteiger partial charge in [-0.1, -0.05) is 17.7 Å². The van der Waals surface area contributed by atoms with Crippen LogP contribution in [0.1, 0.15) is 40.6 Å². The van der Waals surface area contributed by atoms with Crippen LogP contribution in [0.5, 0.6) is 0 Å². The Morgan fingerprint density at radius 2 is 2.25 bits per heavy atom. The molecule has 3 heterocycles. The number of aryl methyl sites for hydroxylation is 1. The van der Waals surface area contributed by atoms with Crippen molar-refractivity contribution in [3.63, 3.8) is 0 Å². The molecule has 24 heavy (non-hydrogen) atoms. The van der Waals surface area contributed by atoms with E-state index in [1.54, 1.807) is 12.5 Å². The summed E-state index contributed by atoms with van der Waals surface area (Å²) < 4.78 is 6.18. The fraction of sp³-hybridized carbons (Fsp3) is 0.421. The van der Waals surface area contributed by atoms with E-state index in [-0.39, 0.29) is 18.1 Å². The molecule has 3 atom stereocenters. The summed E-state index contributed by atoms with van der Waals surface area (Å²) in [6.45, 7) is 3.53. The van der Waals surface area contributed by atoms with Gasteiger partial charge in [0.2, 0.25) is 0 Å². The molecule has 4 rings (SSSR count). The van der Waals surface area contributed by atoms with E-state index in [0.29, 0.717) is 5.92 Å². The Balaban J connectivity index is 1.45. The number of piperidine rings is 1. The van der Waals surface area contributed by atoms with Gasteiger partial charge in [0.1, 0.15) is 12.4 Å². The summed E-state index contributed by atoms with van der Waals surface area (Å²) in [5, 5.41) is 0. The summed E-state index contributed by atoms with van der Waals surface area (Å²) >= 11 is 0. The van der Waals surface area contributed by atoms with Crippen molar-refractivity contribution in [1.29, 1.82) is 0 Å². The van der Waals surface area contributed by atoms with Crippen molar-refractivity contribution in [2.75, 3.05) is 13.1 Å². The topological polar surface area (TPSA) is 55.3 Å². The molecule has 0 saturated carbocycles. The zero-order chi connectivity index (χ0) is 16.5. The molecule has 5 nitrogen and oxygen atoms in total. The molecule has 2 aliphatic rings. The fourth-order valence-electron chi connectivity index (χ4n) is 3.78. The number of nitrogens with zero attached hydrogens (tertiary/aromatic N) is 3. The molecule has 1 amide bonds. The van der Waals surface area contributed by atoms with Crippen molar-refractivity contribution >= 4 is 5.91 Å². The van der Waals surface area contributed by atoms with E-state index >= 15 is 0 Å². The van der Waals surface area contributed by atoms with E-state index in [4.69, 9.17) is 4.74 Å². The number of carbonyl (C=O) groups excluding carboxylic acids is 1. The van der Waals surface area contributed by atoms with Crippen LogP contribution in [-0.2, 0) is 4.74 Å². The Hall–Kier alpha value is -2.27. The molecule has 0 N–H and O–H groups in total. The van der Waals surface area contributed by atoms with Gasteiger partial charge in [0, 0.05) is 30.8 Å². The number of ether oxygens (including phenoxy) is 1. The zero-order valence-electron chi connectivity index (χ0n) is 13.8. The third-order valence-electron chi connectivity index (χ3n) is 5.01. The van der Waals surface area contributed by atoms with Crippen LogP contribution in [0.2, 0.25) is 0 Å². The van der Waals surface area contributed by atoms with E-state index in [9.17, 15) is 4.79 Å². The van der Waals surface area contributed by atoms with Gasteiger partial charge in [0.25, 0.3) is 5.91 Å². The van der Waals surface area contributed by atoms with Gasteiger partial charge in [-0.25, -0.2) is 9.97 Å². The predicted octanol–water partition coefficient (Wildman–Crippen LogP) is 2.78. The highest BCUT2D eigenvalue weighted by Crippen LogP contribution is 2.40. The van der Waals surface area contributed by atoms with Crippen LogP contribution in [0.4, 0.5) is 0 Å².